The first kappa shape index (κ1) is 15.0. The summed E-state index contributed by atoms with van der Waals surface area (Å²) in [5.41, 5.74) is 0.206. The van der Waals surface area contributed by atoms with Gasteiger partial charge >= 0.3 is 0 Å². The monoisotopic (exact) mass is 346 g/mol. The fraction of sp³-hybridized carbons (Fsp3) is 0.692. The van der Waals surface area contributed by atoms with E-state index in [0.717, 1.165) is 18.7 Å². The molecule has 0 amide bonds. The average molecular weight is 348 g/mol. The SMILES string of the molecule is CC1(C)CC(Nc2ncc(Cl)nc2Br)CC(C)(C)N1. The smallest absolute Gasteiger partial charge is 0.159 e. The van der Waals surface area contributed by atoms with Crippen molar-refractivity contribution < 1.29 is 0 Å². The fourth-order valence-electron chi connectivity index (χ4n) is 3.06. The van der Waals surface area contributed by atoms with Crippen molar-refractivity contribution in [3.63, 3.8) is 0 Å². The maximum Gasteiger partial charge on any atom is 0.159 e. The van der Waals surface area contributed by atoms with Gasteiger partial charge in [-0.1, -0.05) is 11.6 Å². The van der Waals surface area contributed by atoms with Crippen LogP contribution in [0.4, 0.5) is 5.82 Å². The maximum absolute atomic E-state index is 5.81. The Morgan fingerprint density at radius 3 is 2.42 bits per heavy atom. The van der Waals surface area contributed by atoms with Gasteiger partial charge < -0.3 is 10.6 Å². The predicted molar refractivity (Wildman–Crippen MR) is 82.7 cm³/mol. The van der Waals surface area contributed by atoms with Crippen molar-refractivity contribution in [2.45, 2.75) is 57.7 Å². The summed E-state index contributed by atoms with van der Waals surface area (Å²) in [6.07, 6.45) is 3.63. The van der Waals surface area contributed by atoms with Gasteiger partial charge in [0.25, 0.3) is 0 Å². The Morgan fingerprint density at radius 2 is 1.89 bits per heavy atom. The second kappa shape index (κ2) is 5.19. The van der Waals surface area contributed by atoms with E-state index >= 15 is 0 Å². The largest absolute Gasteiger partial charge is 0.365 e. The molecule has 0 radical (unpaired) electrons. The number of hydrogen-bond acceptors (Lipinski definition) is 4. The Bertz CT molecular complexity index is 460. The highest BCUT2D eigenvalue weighted by atomic mass is 79.9. The van der Waals surface area contributed by atoms with Crippen LogP contribution < -0.4 is 10.6 Å². The standard InChI is InChI=1S/C13H20BrClN4/c1-12(2)5-8(6-13(3,4)19-12)17-11-10(14)18-9(15)7-16-11/h7-8,19H,5-6H2,1-4H3,(H,16,17). The molecule has 1 aromatic rings. The summed E-state index contributed by atoms with van der Waals surface area (Å²) in [5.74, 6) is 0.753. The van der Waals surface area contributed by atoms with Gasteiger partial charge in [0.05, 0.1) is 6.20 Å². The second-order valence-corrected chi connectivity index (χ2v) is 7.61. The third-order valence-corrected chi connectivity index (χ3v) is 3.97. The van der Waals surface area contributed by atoms with Gasteiger partial charge in [0.1, 0.15) is 9.76 Å². The van der Waals surface area contributed by atoms with Crippen molar-refractivity contribution in [2.24, 2.45) is 0 Å². The van der Waals surface area contributed by atoms with Crippen LogP contribution in [-0.4, -0.2) is 27.1 Å². The van der Waals surface area contributed by atoms with Gasteiger partial charge in [0.2, 0.25) is 0 Å². The summed E-state index contributed by atoms with van der Waals surface area (Å²) in [6, 6.07) is 0.359. The summed E-state index contributed by atoms with van der Waals surface area (Å²) in [5, 5.41) is 7.52. The van der Waals surface area contributed by atoms with E-state index in [2.05, 4.69) is 64.2 Å². The third kappa shape index (κ3) is 4.04. The molecule has 1 saturated heterocycles. The Kier molecular flexibility index (Phi) is 4.10. The number of aromatic nitrogens is 2. The third-order valence-electron chi connectivity index (χ3n) is 3.23. The summed E-state index contributed by atoms with van der Waals surface area (Å²) < 4.78 is 0.661. The number of hydrogen-bond donors (Lipinski definition) is 2. The van der Waals surface area contributed by atoms with Crippen molar-refractivity contribution in [3.05, 3.63) is 16.0 Å². The second-order valence-electron chi connectivity index (χ2n) is 6.47. The van der Waals surface area contributed by atoms with Crippen LogP contribution in [-0.2, 0) is 0 Å². The molecule has 1 fully saturated rings. The summed E-state index contributed by atoms with van der Waals surface area (Å²) >= 11 is 9.20. The zero-order chi connectivity index (χ0) is 14.3. The number of rotatable bonds is 2. The van der Waals surface area contributed by atoms with Crippen molar-refractivity contribution in [1.82, 2.24) is 15.3 Å². The molecule has 0 spiro atoms. The molecule has 0 atom stereocenters. The van der Waals surface area contributed by atoms with E-state index in [1.54, 1.807) is 6.20 Å². The van der Waals surface area contributed by atoms with Gasteiger partial charge in [-0.2, -0.15) is 0 Å². The first-order chi connectivity index (χ1) is 8.67. The molecule has 19 heavy (non-hydrogen) atoms. The van der Waals surface area contributed by atoms with Gasteiger partial charge in [-0.3, -0.25) is 0 Å². The molecule has 0 unspecified atom stereocenters. The van der Waals surface area contributed by atoms with Crippen LogP contribution in [0.25, 0.3) is 0 Å². The molecule has 2 N–H and O–H groups in total. The van der Waals surface area contributed by atoms with Crippen LogP contribution in [0.3, 0.4) is 0 Å². The van der Waals surface area contributed by atoms with Crippen molar-refractivity contribution >= 4 is 33.3 Å². The van der Waals surface area contributed by atoms with E-state index in [1.165, 1.54) is 0 Å². The number of halogens is 2. The molecule has 2 heterocycles. The van der Waals surface area contributed by atoms with E-state index in [-0.39, 0.29) is 11.1 Å². The molecule has 4 nitrogen and oxygen atoms in total. The highest BCUT2D eigenvalue weighted by Gasteiger charge is 2.37. The number of piperidine rings is 1. The summed E-state index contributed by atoms with van der Waals surface area (Å²) in [6.45, 7) is 8.91. The van der Waals surface area contributed by atoms with E-state index in [9.17, 15) is 0 Å². The molecule has 1 aliphatic rings. The molecule has 106 valence electrons. The minimum absolute atomic E-state index is 0.103. The van der Waals surface area contributed by atoms with Crippen LogP contribution in [0.15, 0.2) is 10.8 Å². The summed E-state index contributed by atoms with van der Waals surface area (Å²) in [4.78, 5) is 8.45. The van der Waals surface area contributed by atoms with E-state index in [1.807, 2.05) is 0 Å². The molecule has 6 heteroatoms. The molecular formula is C13H20BrClN4. The highest BCUT2D eigenvalue weighted by molar-refractivity contribution is 9.10. The quantitative estimate of drug-likeness (QED) is 0.858. The Morgan fingerprint density at radius 1 is 1.32 bits per heavy atom. The Labute approximate surface area is 127 Å². The molecule has 2 rings (SSSR count). The predicted octanol–water partition coefficient (Wildman–Crippen LogP) is 3.61. The number of nitrogens with one attached hydrogen (secondary N) is 2. The van der Waals surface area contributed by atoms with Crippen LogP contribution in [0.1, 0.15) is 40.5 Å². The minimum Gasteiger partial charge on any atom is -0.365 e. The van der Waals surface area contributed by atoms with Gasteiger partial charge in [0, 0.05) is 17.1 Å². The van der Waals surface area contributed by atoms with Gasteiger partial charge in [-0.05, 0) is 56.5 Å². The molecule has 1 aliphatic heterocycles. The van der Waals surface area contributed by atoms with Crippen LogP contribution in [0.5, 0.6) is 0 Å². The van der Waals surface area contributed by atoms with Gasteiger partial charge in [0.15, 0.2) is 5.82 Å². The van der Waals surface area contributed by atoms with E-state index in [4.69, 9.17) is 11.6 Å². The van der Waals surface area contributed by atoms with E-state index < -0.39 is 0 Å². The zero-order valence-corrected chi connectivity index (χ0v) is 14.1. The van der Waals surface area contributed by atoms with Crippen LogP contribution in [0.2, 0.25) is 5.15 Å². The first-order valence-corrected chi connectivity index (χ1v) is 7.58. The fourth-order valence-corrected chi connectivity index (χ4v) is 3.70. The van der Waals surface area contributed by atoms with Crippen molar-refractivity contribution in [3.8, 4) is 0 Å². The average Bonchev–Trinajstić information content (AvgIpc) is 2.17. The zero-order valence-electron chi connectivity index (χ0n) is 11.7. The van der Waals surface area contributed by atoms with Crippen molar-refractivity contribution in [2.75, 3.05) is 5.32 Å². The summed E-state index contributed by atoms with van der Waals surface area (Å²) in [7, 11) is 0. The van der Waals surface area contributed by atoms with Crippen LogP contribution in [0, 0.1) is 0 Å². The molecule has 0 aromatic carbocycles. The molecule has 0 bridgehead atoms. The minimum atomic E-state index is 0.103. The van der Waals surface area contributed by atoms with Gasteiger partial charge in [-0.25, -0.2) is 9.97 Å². The lowest BCUT2D eigenvalue weighted by molar-refractivity contribution is 0.170. The number of nitrogens with zero attached hydrogens (tertiary/aromatic N) is 2. The Hall–Kier alpha value is -0.390. The lowest BCUT2D eigenvalue weighted by Crippen LogP contribution is -2.60. The van der Waals surface area contributed by atoms with Crippen LogP contribution >= 0.6 is 27.5 Å². The molecular weight excluding hydrogens is 328 g/mol. The Balaban J connectivity index is 2.14. The molecule has 1 aromatic heterocycles. The normalized spacial score (nSPS) is 22.2. The number of anilines is 1. The molecule has 0 saturated carbocycles. The lowest BCUT2D eigenvalue weighted by atomic mass is 9.79. The lowest BCUT2D eigenvalue weighted by Gasteiger charge is -2.46. The highest BCUT2D eigenvalue weighted by Crippen LogP contribution is 2.31. The van der Waals surface area contributed by atoms with Gasteiger partial charge in [-0.15, -0.1) is 0 Å². The maximum atomic E-state index is 5.81. The van der Waals surface area contributed by atoms with E-state index in [0.29, 0.717) is 15.8 Å². The van der Waals surface area contributed by atoms with Crippen molar-refractivity contribution in [1.29, 1.82) is 0 Å². The first-order valence-electron chi connectivity index (χ1n) is 6.41. The molecule has 0 aliphatic carbocycles. The topological polar surface area (TPSA) is 49.8 Å².